The van der Waals surface area contributed by atoms with Crippen LogP contribution in [0.15, 0.2) is 12.3 Å². The second-order valence-corrected chi connectivity index (χ2v) is 5.95. The van der Waals surface area contributed by atoms with Gasteiger partial charge >= 0.3 is 0 Å². The maximum Gasteiger partial charge on any atom is 0.151 e. The van der Waals surface area contributed by atoms with E-state index in [1.165, 1.54) is 0 Å². The van der Waals surface area contributed by atoms with Crippen LogP contribution in [0.1, 0.15) is 18.2 Å². The van der Waals surface area contributed by atoms with Gasteiger partial charge in [0.05, 0.1) is 11.5 Å². The fourth-order valence-electron chi connectivity index (χ4n) is 1.55. The van der Waals surface area contributed by atoms with E-state index in [0.717, 1.165) is 0 Å². The fourth-order valence-corrected chi connectivity index (χ4v) is 3.43. The summed E-state index contributed by atoms with van der Waals surface area (Å²) in [5, 5.41) is 0.360. The van der Waals surface area contributed by atoms with Crippen molar-refractivity contribution in [3.63, 3.8) is 0 Å². The Kier molecular flexibility index (Phi) is 2.45. The first kappa shape index (κ1) is 9.86. The first-order valence-electron chi connectivity index (χ1n) is 4.26. The van der Waals surface area contributed by atoms with Crippen molar-refractivity contribution < 1.29 is 8.42 Å². The Labute approximate surface area is 87.3 Å². The van der Waals surface area contributed by atoms with Gasteiger partial charge in [-0.15, -0.1) is 0 Å². The molecule has 0 bridgehead atoms. The number of hydrogen-bond donors (Lipinski definition) is 0. The van der Waals surface area contributed by atoms with E-state index < -0.39 is 9.84 Å². The molecule has 1 saturated heterocycles. The Morgan fingerprint density at radius 2 is 2.29 bits per heavy atom. The third-order valence-corrected chi connectivity index (χ3v) is 4.22. The van der Waals surface area contributed by atoms with Crippen molar-refractivity contribution in [2.45, 2.75) is 12.3 Å². The highest BCUT2D eigenvalue weighted by molar-refractivity contribution is 7.91. The van der Waals surface area contributed by atoms with Gasteiger partial charge in [0.25, 0.3) is 0 Å². The number of nitrogens with zero attached hydrogens (tertiary/aromatic N) is 2. The van der Waals surface area contributed by atoms with Crippen molar-refractivity contribution in [2.75, 3.05) is 11.5 Å². The number of hydrogen-bond acceptors (Lipinski definition) is 4. The molecule has 76 valence electrons. The number of sulfone groups is 1. The summed E-state index contributed by atoms with van der Waals surface area (Å²) in [7, 11) is -2.88. The van der Waals surface area contributed by atoms with Crippen LogP contribution in [0, 0.1) is 0 Å². The van der Waals surface area contributed by atoms with Crippen molar-refractivity contribution in [1.29, 1.82) is 0 Å². The van der Waals surface area contributed by atoms with Gasteiger partial charge in [-0.2, -0.15) is 0 Å². The molecular weight excluding hydrogens is 224 g/mol. The Bertz CT molecular complexity index is 446. The molecule has 0 radical (unpaired) electrons. The Hall–Kier alpha value is -0.680. The van der Waals surface area contributed by atoms with Crippen LogP contribution >= 0.6 is 11.6 Å². The lowest BCUT2D eigenvalue weighted by atomic mass is 10.1. The Balaban J connectivity index is 2.26. The van der Waals surface area contributed by atoms with Crippen LogP contribution in [0.3, 0.4) is 0 Å². The van der Waals surface area contributed by atoms with Gasteiger partial charge in [-0.05, 0) is 12.5 Å². The molecule has 1 aliphatic heterocycles. The standard InChI is InChI=1S/C8H9ClN2O2S/c9-7-1-3-10-8(11-7)6-2-4-14(12,13)5-6/h1,3,6H,2,4-5H2. The van der Waals surface area contributed by atoms with E-state index in [-0.39, 0.29) is 17.4 Å². The summed E-state index contributed by atoms with van der Waals surface area (Å²) in [6, 6.07) is 1.58. The zero-order chi connectivity index (χ0) is 10.2. The van der Waals surface area contributed by atoms with Crippen LogP contribution in [0.4, 0.5) is 0 Å². The second kappa shape index (κ2) is 3.47. The smallest absolute Gasteiger partial charge is 0.151 e. The molecule has 1 aromatic rings. The summed E-state index contributed by atoms with van der Waals surface area (Å²) in [5.74, 6) is 0.832. The molecule has 0 aromatic carbocycles. The molecule has 0 amide bonds. The normalized spacial score (nSPS) is 25.1. The van der Waals surface area contributed by atoms with Crippen LogP contribution in [0.2, 0.25) is 5.15 Å². The topological polar surface area (TPSA) is 59.9 Å². The molecule has 1 fully saturated rings. The minimum atomic E-state index is -2.88. The molecule has 1 aromatic heterocycles. The molecule has 0 spiro atoms. The SMILES string of the molecule is O=S1(=O)CCC(c2nccc(Cl)n2)C1. The van der Waals surface area contributed by atoms with E-state index >= 15 is 0 Å². The van der Waals surface area contributed by atoms with Gasteiger partial charge < -0.3 is 0 Å². The van der Waals surface area contributed by atoms with Crippen LogP contribution in [-0.4, -0.2) is 29.9 Å². The average Bonchev–Trinajstić information content (AvgIpc) is 2.46. The maximum absolute atomic E-state index is 11.2. The summed E-state index contributed by atoms with van der Waals surface area (Å²) >= 11 is 5.69. The van der Waals surface area contributed by atoms with Gasteiger partial charge in [-0.3, -0.25) is 0 Å². The molecule has 4 nitrogen and oxygen atoms in total. The molecule has 2 heterocycles. The molecule has 1 aliphatic rings. The lowest BCUT2D eigenvalue weighted by Crippen LogP contribution is -2.06. The number of rotatable bonds is 1. The predicted molar refractivity (Wildman–Crippen MR) is 53.1 cm³/mol. The van der Waals surface area contributed by atoms with Crippen molar-refractivity contribution >= 4 is 21.4 Å². The van der Waals surface area contributed by atoms with E-state index in [1.807, 2.05) is 0 Å². The zero-order valence-electron chi connectivity index (χ0n) is 7.35. The van der Waals surface area contributed by atoms with Crippen LogP contribution in [0.5, 0.6) is 0 Å². The minimum absolute atomic E-state index is 0.0845. The Morgan fingerprint density at radius 3 is 2.86 bits per heavy atom. The highest BCUT2D eigenvalue weighted by Crippen LogP contribution is 2.26. The highest BCUT2D eigenvalue weighted by atomic mass is 35.5. The molecule has 0 aliphatic carbocycles. The van der Waals surface area contributed by atoms with Gasteiger partial charge in [-0.25, -0.2) is 18.4 Å². The van der Waals surface area contributed by atoms with E-state index in [4.69, 9.17) is 11.6 Å². The van der Waals surface area contributed by atoms with Crippen LogP contribution in [-0.2, 0) is 9.84 Å². The second-order valence-electron chi connectivity index (χ2n) is 3.34. The highest BCUT2D eigenvalue weighted by Gasteiger charge is 2.30. The van der Waals surface area contributed by atoms with Gasteiger partial charge in [0.2, 0.25) is 0 Å². The molecule has 1 atom stereocenters. The third kappa shape index (κ3) is 2.04. The lowest BCUT2D eigenvalue weighted by Gasteiger charge is -2.04. The summed E-state index contributed by atoms with van der Waals surface area (Å²) in [6.07, 6.45) is 2.15. The van der Waals surface area contributed by atoms with Gasteiger partial charge in [0, 0.05) is 12.1 Å². The summed E-state index contributed by atoms with van der Waals surface area (Å²) < 4.78 is 22.4. The van der Waals surface area contributed by atoms with E-state index in [2.05, 4.69) is 9.97 Å². The van der Waals surface area contributed by atoms with E-state index in [9.17, 15) is 8.42 Å². The summed E-state index contributed by atoms with van der Waals surface area (Å²) in [6.45, 7) is 0. The maximum atomic E-state index is 11.2. The largest absolute Gasteiger partial charge is 0.241 e. The molecule has 0 N–H and O–H groups in total. The Morgan fingerprint density at radius 1 is 1.50 bits per heavy atom. The third-order valence-electron chi connectivity index (χ3n) is 2.24. The van der Waals surface area contributed by atoms with Crippen molar-refractivity contribution in [2.24, 2.45) is 0 Å². The van der Waals surface area contributed by atoms with E-state index in [0.29, 0.717) is 17.4 Å². The number of halogens is 1. The molecule has 14 heavy (non-hydrogen) atoms. The van der Waals surface area contributed by atoms with Gasteiger partial charge in [0.15, 0.2) is 9.84 Å². The lowest BCUT2D eigenvalue weighted by molar-refractivity contribution is 0.601. The van der Waals surface area contributed by atoms with Gasteiger partial charge in [-0.1, -0.05) is 11.6 Å². The first-order valence-corrected chi connectivity index (χ1v) is 6.46. The minimum Gasteiger partial charge on any atom is -0.241 e. The van der Waals surface area contributed by atoms with Crippen molar-refractivity contribution in [3.05, 3.63) is 23.2 Å². The molecule has 6 heteroatoms. The van der Waals surface area contributed by atoms with E-state index in [1.54, 1.807) is 12.3 Å². The summed E-state index contributed by atoms with van der Waals surface area (Å²) in [4.78, 5) is 8.04. The van der Waals surface area contributed by atoms with Crippen LogP contribution in [0.25, 0.3) is 0 Å². The molecule has 2 rings (SSSR count). The van der Waals surface area contributed by atoms with Gasteiger partial charge in [0.1, 0.15) is 11.0 Å². The fraction of sp³-hybridized carbons (Fsp3) is 0.500. The first-order chi connectivity index (χ1) is 6.57. The van der Waals surface area contributed by atoms with Crippen LogP contribution < -0.4 is 0 Å². The zero-order valence-corrected chi connectivity index (χ0v) is 8.92. The molecular formula is C8H9ClN2O2S. The molecule has 1 unspecified atom stereocenters. The van der Waals surface area contributed by atoms with Crippen molar-refractivity contribution in [3.8, 4) is 0 Å². The quantitative estimate of drug-likeness (QED) is 0.679. The monoisotopic (exact) mass is 232 g/mol. The van der Waals surface area contributed by atoms with Crippen molar-refractivity contribution in [1.82, 2.24) is 9.97 Å². The predicted octanol–water partition coefficient (Wildman–Crippen LogP) is 1.03. The number of aromatic nitrogens is 2. The molecule has 0 saturated carbocycles. The summed E-state index contributed by atoms with van der Waals surface area (Å²) in [5.41, 5.74) is 0. The average molecular weight is 233 g/mol.